The molecule has 0 fully saturated rings. The van der Waals surface area contributed by atoms with Gasteiger partial charge in [-0.3, -0.25) is 0 Å². The van der Waals surface area contributed by atoms with Crippen LogP contribution < -0.4 is 4.18 Å². The molecule has 2 rings (SSSR count). The number of nitrogens with zero attached hydrogens (tertiary/aromatic N) is 1. The fraction of sp³-hybridized carbons (Fsp3) is 0.111. The third kappa shape index (κ3) is 4.93. The van der Waals surface area contributed by atoms with E-state index in [0.717, 1.165) is 0 Å². The summed E-state index contributed by atoms with van der Waals surface area (Å²) in [7, 11) is -3.97. The smallest absolute Gasteiger partial charge is 0.348 e. The molecule has 0 unspecified atom stereocenters. The van der Waals surface area contributed by atoms with Gasteiger partial charge in [0.25, 0.3) is 0 Å². The lowest BCUT2D eigenvalue weighted by Crippen LogP contribution is -2.09. The van der Waals surface area contributed by atoms with E-state index in [1.165, 1.54) is 42.5 Å². The van der Waals surface area contributed by atoms with Crippen LogP contribution in [0.15, 0.2) is 65.1 Å². The van der Waals surface area contributed by atoms with Gasteiger partial charge < -0.3 is 8.92 Å². The summed E-state index contributed by atoms with van der Waals surface area (Å²) in [5.74, 6) is -0.519. The number of ether oxygens (including phenoxy) is 1. The van der Waals surface area contributed by atoms with Crippen molar-refractivity contribution in [2.24, 2.45) is 0 Å². The third-order valence-corrected chi connectivity index (χ3v) is 4.31. The minimum absolute atomic E-state index is 0.0388. The fourth-order valence-electron chi connectivity index (χ4n) is 1.89. The Bertz CT molecular complexity index is 910. The molecule has 6 nitrogen and oxygen atoms in total. The van der Waals surface area contributed by atoms with Gasteiger partial charge in [0.2, 0.25) is 0 Å². The number of rotatable bonds is 6. The van der Waals surface area contributed by atoms with Crippen LogP contribution in [0.4, 0.5) is 0 Å². The number of hydrogen-bond donors (Lipinski definition) is 0. The molecule has 0 aliphatic heterocycles. The van der Waals surface area contributed by atoms with Crippen LogP contribution >= 0.6 is 0 Å². The summed E-state index contributed by atoms with van der Waals surface area (Å²) in [6, 6.07) is 15.5. The molecule has 128 valence electrons. The molecule has 0 saturated carbocycles. The fourth-order valence-corrected chi connectivity index (χ4v) is 2.82. The van der Waals surface area contributed by atoms with Gasteiger partial charge in [-0.1, -0.05) is 30.3 Å². The average molecular weight is 357 g/mol. The van der Waals surface area contributed by atoms with Gasteiger partial charge in [0, 0.05) is 0 Å². The number of carbonyl (C=O) groups is 1. The van der Waals surface area contributed by atoms with E-state index in [4.69, 9.17) is 14.2 Å². The molecule has 0 aliphatic rings. The molecule has 7 heteroatoms. The van der Waals surface area contributed by atoms with Gasteiger partial charge in [0.15, 0.2) is 0 Å². The highest BCUT2D eigenvalue weighted by molar-refractivity contribution is 7.87. The van der Waals surface area contributed by atoms with Crippen molar-refractivity contribution in [3.05, 3.63) is 65.7 Å². The highest BCUT2D eigenvalue weighted by atomic mass is 32.2. The molecule has 0 aromatic heterocycles. The third-order valence-electron chi connectivity index (χ3n) is 3.04. The second kappa shape index (κ2) is 8.13. The summed E-state index contributed by atoms with van der Waals surface area (Å²) in [5, 5.41) is 9.00. The molecule has 25 heavy (non-hydrogen) atoms. The molecule has 0 amide bonds. The van der Waals surface area contributed by atoms with Crippen molar-refractivity contribution in [3.8, 4) is 11.8 Å². The summed E-state index contributed by atoms with van der Waals surface area (Å²) < 4.78 is 34.2. The van der Waals surface area contributed by atoms with Gasteiger partial charge in [-0.2, -0.15) is 13.7 Å². The zero-order chi connectivity index (χ0) is 18.3. The summed E-state index contributed by atoms with van der Waals surface area (Å²) in [6.45, 7) is 1.80. The Morgan fingerprint density at radius 1 is 1.12 bits per heavy atom. The first-order valence-electron chi connectivity index (χ1n) is 7.35. The zero-order valence-electron chi connectivity index (χ0n) is 13.4. The van der Waals surface area contributed by atoms with E-state index >= 15 is 0 Å². The van der Waals surface area contributed by atoms with Crippen LogP contribution in [0.5, 0.6) is 5.75 Å². The monoisotopic (exact) mass is 357 g/mol. The Balaban J connectivity index is 2.22. The molecule has 0 spiro atoms. The predicted octanol–water partition coefficient (Wildman–Crippen LogP) is 2.92. The van der Waals surface area contributed by atoms with E-state index < -0.39 is 16.1 Å². The second-order valence-electron chi connectivity index (χ2n) is 4.81. The van der Waals surface area contributed by atoms with Crippen molar-refractivity contribution in [1.29, 1.82) is 5.26 Å². The van der Waals surface area contributed by atoms with Crippen molar-refractivity contribution in [2.75, 3.05) is 6.61 Å². The average Bonchev–Trinajstić information content (AvgIpc) is 2.60. The van der Waals surface area contributed by atoms with Gasteiger partial charge in [0.1, 0.15) is 22.3 Å². The van der Waals surface area contributed by atoms with Gasteiger partial charge in [-0.15, -0.1) is 0 Å². The van der Waals surface area contributed by atoms with Crippen LogP contribution in [0.25, 0.3) is 6.08 Å². The molecule has 0 atom stereocenters. The van der Waals surface area contributed by atoms with Crippen LogP contribution in [-0.4, -0.2) is 21.0 Å². The van der Waals surface area contributed by atoms with Gasteiger partial charge in [-0.05, 0) is 42.8 Å². The van der Waals surface area contributed by atoms with Crippen LogP contribution in [0, 0.1) is 11.3 Å². The van der Waals surface area contributed by atoms with Crippen molar-refractivity contribution in [1.82, 2.24) is 0 Å². The highest BCUT2D eigenvalue weighted by Crippen LogP contribution is 2.19. The zero-order valence-corrected chi connectivity index (χ0v) is 14.2. The van der Waals surface area contributed by atoms with E-state index in [2.05, 4.69) is 0 Å². The number of nitriles is 1. The number of para-hydroxylation sites is 1. The quantitative estimate of drug-likeness (QED) is 0.341. The van der Waals surface area contributed by atoms with Gasteiger partial charge in [0.05, 0.1) is 6.61 Å². The molecule has 2 aromatic rings. The summed E-state index contributed by atoms with van der Waals surface area (Å²) in [4.78, 5) is 11.5. The molecular weight excluding hydrogens is 342 g/mol. The molecule has 0 heterocycles. The Morgan fingerprint density at radius 2 is 1.76 bits per heavy atom. The lowest BCUT2D eigenvalue weighted by molar-refractivity contribution is -0.137. The Kier molecular flexibility index (Phi) is 5.93. The van der Waals surface area contributed by atoms with E-state index in [9.17, 15) is 13.2 Å². The molecule has 0 saturated heterocycles. The minimum Gasteiger partial charge on any atom is -0.462 e. The minimum atomic E-state index is -3.97. The summed E-state index contributed by atoms with van der Waals surface area (Å²) >= 11 is 0. The van der Waals surface area contributed by atoms with E-state index in [-0.39, 0.29) is 22.8 Å². The van der Waals surface area contributed by atoms with E-state index in [0.29, 0.717) is 5.56 Å². The van der Waals surface area contributed by atoms with E-state index in [1.807, 2.05) is 0 Å². The molecule has 0 N–H and O–H groups in total. The van der Waals surface area contributed by atoms with Crippen LogP contribution in [0.2, 0.25) is 0 Å². The number of hydrogen-bond acceptors (Lipinski definition) is 6. The van der Waals surface area contributed by atoms with Crippen LogP contribution in [-0.2, 0) is 19.6 Å². The topological polar surface area (TPSA) is 93.5 Å². The van der Waals surface area contributed by atoms with Crippen molar-refractivity contribution in [2.45, 2.75) is 11.8 Å². The number of carbonyl (C=O) groups excluding carboxylic acids is 1. The second-order valence-corrected chi connectivity index (χ2v) is 6.36. The Morgan fingerprint density at radius 3 is 2.32 bits per heavy atom. The predicted molar refractivity (Wildman–Crippen MR) is 90.9 cm³/mol. The molecule has 0 radical (unpaired) electrons. The van der Waals surface area contributed by atoms with E-state index in [1.54, 1.807) is 31.2 Å². The maximum Gasteiger partial charge on any atom is 0.348 e. The lowest BCUT2D eigenvalue weighted by atomic mass is 10.1. The molecule has 0 aliphatic carbocycles. The highest BCUT2D eigenvalue weighted by Gasteiger charge is 2.16. The van der Waals surface area contributed by atoms with Crippen LogP contribution in [0.3, 0.4) is 0 Å². The SMILES string of the molecule is CCOC(=O)C(C#N)=Cc1ccc(S(=O)(=O)Oc2ccccc2)cc1. The first kappa shape index (κ1) is 18.2. The summed E-state index contributed by atoms with van der Waals surface area (Å²) in [5.41, 5.74) is 0.321. The molecule has 0 bridgehead atoms. The normalized spacial score (nSPS) is 11.4. The Hall–Kier alpha value is -3.11. The standard InChI is InChI=1S/C18H15NO5S/c1-2-23-18(20)15(13-19)12-14-8-10-17(11-9-14)25(21,22)24-16-6-4-3-5-7-16/h3-12H,2H2,1H3. The summed E-state index contributed by atoms with van der Waals surface area (Å²) in [6.07, 6.45) is 1.33. The number of benzene rings is 2. The first-order valence-corrected chi connectivity index (χ1v) is 8.75. The first-order chi connectivity index (χ1) is 12.0. The van der Waals surface area contributed by atoms with Crippen LogP contribution in [0.1, 0.15) is 12.5 Å². The largest absolute Gasteiger partial charge is 0.462 e. The van der Waals surface area contributed by atoms with Crippen molar-refractivity contribution in [3.63, 3.8) is 0 Å². The molecular formula is C18H15NO5S. The van der Waals surface area contributed by atoms with Gasteiger partial charge >= 0.3 is 16.1 Å². The lowest BCUT2D eigenvalue weighted by Gasteiger charge is -2.07. The molecule has 2 aromatic carbocycles. The van der Waals surface area contributed by atoms with Crippen molar-refractivity contribution < 1.29 is 22.1 Å². The Labute approximate surface area is 146 Å². The maximum atomic E-state index is 12.2. The van der Waals surface area contributed by atoms with Gasteiger partial charge in [-0.25, -0.2) is 4.79 Å². The number of esters is 1. The maximum absolute atomic E-state index is 12.2. The van der Waals surface area contributed by atoms with Crippen molar-refractivity contribution >= 4 is 22.2 Å².